The molecule has 0 saturated carbocycles. The largest absolute Gasteiger partial charge is 0.490 e. The van der Waals surface area contributed by atoms with E-state index >= 15 is 0 Å². The molecule has 0 bridgehead atoms. The molecule has 1 heterocycles. The number of methoxy groups -OCH3 is 1. The lowest BCUT2D eigenvalue weighted by molar-refractivity contribution is -0.736. The van der Waals surface area contributed by atoms with E-state index in [0.29, 0.717) is 21.1 Å². The maximum atomic E-state index is 11.9. The molecule has 2 rings (SSSR count). The van der Waals surface area contributed by atoms with Gasteiger partial charge in [-0.2, -0.15) is 0 Å². The van der Waals surface area contributed by atoms with Crippen LogP contribution < -0.4 is 4.74 Å². The molecule has 0 spiro atoms. The molecule has 0 atom stereocenters. The van der Waals surface area contributed by atoms with Gasteiger partial charge < -0.3 is 4.74 Å². The van der Waals surface area contributed by atoms with Crippen LogP contribution in [-0.2, 0) is 4.84 Å². The van der Waals surface area contributed by atoms with Gasteiger partial charge in [-0.25, -0.2) is 9.82 Å². The fourth-order valence-corrected chi connectivity index (χ4v) is 2.36. The number of imidazole rings is 1. The van der Waals surface area contributed by atoms with Gasteiger partial charge in [0.1, 0.15) is 5.69 Å². The first-order valence-corrected chi connectivity index (χ1v) is 6.28. The van der Waals surface area contributed by atoms with E-state index in [1.165, 1.54) is 14.2 Å². The number of benzene rings is 1. The zero-order chi connectivity index (χ0) is 14.0. The molecule has 6 nitrogen and oxygen atoms in total. The van der Waals surface area contributed by atoms with Gasteiger partial charge in [-0.1, -0.05) is 6.07 Å². The predicted molar refractivity (Wildman–Crippen MR) is 72.8 cm³/mol. The Morgan fingerprint density at radius 1 is 1.37 bits per heavy atom. The Morgan fingerprint density at radius 2 is 2.11 bits per heavy atom. The summed E-state index contributed by atoms with van der Waals surface area (Å²) in [5.74, 6) is 0.424. The lowest BCUT2D eigenvalue weighted by Crippen LogP contribution is -2.06. The Kier molecular flexibility index (Phi) is 3.84. The fourth-order valence-electron chi connectivity index (χ4n) is 1.78. The third-order valence-corrected chi connectivity index (χ3v) is 3.15. The highest BCUT2D eigenvalue weighted by atomic mass is 79.9. The Bertz CT molecular complexity index is 625. The summed E-state index contributed by atoms with van der Waals surface area (Å²) in [6.07, 6.45) is 1.81. The van der Waals surface area contributed by atoms with Crippen molar-refractivity contribution in [3.63, 3.8) is 0 Å². The van der Waals surface area contributed by atoms with E-state index < -0.39 is 0 Å². The van der Waals surface area contributed by atoms with Crippen LogP contribution in [0.25, 0.3) is 5.69 Å². The smallest absolute Gasteiger partial charge is 0.381 e. The Hall–Kier alpha value is -1.89. The minimum absolute atomic E-state index is 0.283. The number of rotatable bonds is 4. The van der Waals surface area contributed by atoms with Crippen molar-refractivity contribution in [1.82, 2.24) is 9.55 Å². The van der Waals surface area contributed by atoms with Crippen LogP contribution in [0.3, 0.4) is 0 Å². The van der Waals surface area contributed by atoms with Gasteiger partial charge in [-0.15, -0.1) is 0 Å². The monoisotopic (exact) mass is 326 g/mol. The number of para-hydroxylation sites is 1. The van der Waals surface area contributed by atoms with E-state index in [9.17, 15) is 4.91 Å². The van der Waals surface area contributed by atoms with Crippen molar-refractivity contribution in [1.29, 1.82) is 0 Å². The van der Waals surface area contributed by atoms with E-state index in [0.717, 1.165) is 5.69 Å². The predicted octanol–water partition coefficient (Wildman–Crippen LogP) is 2.92. The quantitative estimate of drug-likeness (QED) is 0.810. The van der Waals surface area contributed by atoms with E-state index in [-0.39, 0.29) is 5.69 Å². The number of aryl methyl sites for hydroxylation is 1. The summed E-state index contributed by atoms with van der Waals surface area (Å²) in [6, 6.07) is 5.27. The molecule has 0 aliphatic carbocycles. The number of halogens is 1. The summed E-state index contributed by atoms with van der Waals surface area (Å²) in [6.45, 7) is 1.87. The molecule has 2 aromatic rings. The summed E-state index contributed by atoms with van der Waals surface area (Å²) in [7, 11) is 2.80. The summed E-state index contributed by atoms with van der Waals surface area (Å²) < 4.78 is 7.55. The van der Waals surface area contributed by atoms with Crippen molar-refractivity contribution in [3.8, 4) is 11.4 Å². The molecule has 0 fully saturated rings. The zero-order valence-corrected chi connectivity index (χ0v) is 12.3. The number of nitrogens with zero attached hydrogens (tertiary/aromatic N) is 3. The summed E-state index contributed by atoms with van der Waals surface area (Å²) >= 11 is 3.36. The maximum Gasteiger partial charge on any atom is 0.381 e. The molecule has 0 saturated heterocycles. The van der Waals surface area contributed by atoms with Crippen molar-refractivity contribution in [2.45, 2.75) is 6.92 Å². The molecule has 1 aromatic carbocycles. The van der Waals surface area contributed by atoms with Crippen LogP contribution in [0.5, 0.6) is 5.75 Å². The summed E-state index contributed by atoms with van der Waals surface area (Å²) in [4.78, 5) is 21.3. The molecule has 0 unspecified atom stereocenters. The number of aromatic nitrogens is 2. The second kappa shape index (κ2) is 5.40. The molecule has 100 valence electrons. The zero-order valence-electron chi connectivity index (χ0n) is 10.8. The average molecular weight is 327 g/mol. The number of hydrogen-bond donors (Lipinski definition) is 0. The van der Waals surface area contributed by atoms with Crippen molar-refractivity contribution in [3.05, 3.63) is 39.7 Å². The van der Waals surface area contributed by atoms with Gasteiger partial charge in [0.25, 0.3) is 4.92 Å². The molecule has 1 aromatic heterocycles. The highest BCUT2D eigenvalue weighted by molar-refractivity contribution is 9.10. The van der Waals surface area contributed by atoms with Crippen LogP contribution in [0.15, 0.2) is 29.1 Å². The topological polar surface area (TPSA) is 56.4 Å². The lowest BCUT2D eigenvalue weighted by Gasteiger charge is -2.06. The SMILES string of the molecule is COc1cccc(-n2cc(C)nc2Br)c1[N+](=O)OC. The van der Waals surface area contributed by atoms with Crippen LogP contribution in [-0.4, -0.2) is 28.7 Å². The molecule has 0 amide bonds. The van der Waals surface area contributed by atoms with Crippen molar-refractivity contribution >= 4 is 21.6 Å². The number of hydrogen-bond acceptors (Lipinski definition) is 4. The van der Waals surface area contributed by atoms with E-state index in [1.807, 2.05) is 13.1 Å². The highest BCUT2D eigenvalue weighted by Crippen LogP contribution is 2.35. The van der Waals surface area contributed by atoms with Crippen LogP contribution in [0, 0.1) is 11.8 Å². The molecule has 7 heteroatoms. The third kappa shape index (κ3) is 2.46. The minimum atomic E-state index is 0.283. The molecular weight excluding hydrogens is 314 g/mol. The normalized spacial score (nSPS) is 10.3. The molecule has 0 aliphatic rings. The second-order valence-corrected chi connectivity index (χ2v) is 4.50. The van der Waals surface area contributed by atoms with Gasteiger partial charge in [0.15, 0.2) is 11.8 Å². The first-order chi connectivity index (χ1) is 9.08. The van der Waals surface area contributed by atoms with Crippen molar-refractivity contribution in [2.75, 3.05) is 14.2 Å². The second-order valence-electron chi connectivity index (χ2n) is 3.79. The third-order valence-electron chi connectivity index (χ3n) is 2.59. The Morgan fingerprint density at radius 3 is 2.63 bits per heavy atom. The lowest BCUT2D eigenvalue weighted by atomic mass is 10.2. The van der Waals surface area contributed by atoms with E-state index in [1.54, 1.807) is 22.8 Å². The summed E-state index contributed by atoms with van der Waals surface area (Å²) in [5, 5.41) is 0. The first-order valence-electron chi connectivity index (χ1n) is 5.48. The van der Waals surface area contributed by atoms with Gasteiger partial charge in [-0.3, -0.25) is 4.57 Å². The first kappa shape index (κ1) is 13.5. The fraction of sp³-hybridized carbons (Fsp3) is 0.250. The van der Waals surface area contributed by atoms with Gasteiger partial charge in [0.05, 0.1) is 17.7 Å². The Balaban J connectivity index is 2.69. The van der Waals surface area contributed by atoms with Gasteiger partial charge in [0.2, 0.25) is 5.75 Å². The van der Waals surface area contributed by atoms with Crippen molar-refractivity contribution < 1.29 is 14.5 Å². The van der Waals surface area contributed by atoms with Crippen LogP contribution >= 0.6 is 15.9 Å². The molecular formula is C12H13BrN3O3+. The standard InChI is InChI=1S/C12H13BrN3O3/c1-8-7-15(12(13)14-8)9-5-4-6-10(18-2)11(9)16(17)19-3/h4-7H,1-3H3/q+1. The van der Waals surface area contributed by atoms with Crippen molar-refractivity contribution in [2.24, 2.45) is 0 Å². The van der Waals surface area contributed by atoms with Gasteiger partial charge in [-0.05, 0) is 35.0 Å². The number of ether oxygens (including phenoxy) is 1. The maximum absolute atomic E-state index is 11.9. The van der Waals surface area contributed by atoms with E-state index in [4.69, 9.17) is 9.57 Å². The van der Waals surface area contributed by atoms with Gasteiger partial charge >= 0.3 is 5.69 Å². The Labute approximate surface area is 118 Å². The van der Waals surface area contributed by atoms with E-state index in [2.05, 4.69) is 20.9 Å². The van der Waals surface area contributed by atoms with Crippen LogP contribution in [0.4, 0.5) is 5.69 Å². The molecule has 19 heavy (non-hydrogen) atoms. The molecule has 0 N–H and O–H groups in total. The molecule has 0 radical (unpaired) electrons. The van der Waals surface area contributed by atoms with Gasteiger partial charge in [0, 0.05) is 6.20 Å². The summed E-state index contributed by atoms with van der Waals surface area (Å²) in [5.41, 5.74) is 1.73. The van der Waals surface area contributed by atoms with Crippen LogP contribution in [0.2, 0.25) is 0 Å². The molecule has 0 aliphatic heterocycles. The average Bonchev–Trinajstić information content (AvgIpc) is 2.75. The van der Waals surface area contributed by atoms with Crippen LogP contribution in [0.1, 0.15) is 5.69 Å². The highest BCUT2D eigenvalue weighted by Gasteiger charge is 2.29. The minimum Gasteiger partial charge on any atom is -0.490 e.